The molecular weight excluding hydrogens is 354 g/mol. The molecule has 2 heterocycles. The molecule has 132 valence electrons. The van der Waals surface area contributed by atoms with Gasteiger partial charge in [0.05, 0.1) is 22.2 Å². The third kappa shape index (κ3) is 4.41. The number of benzene rings is 1. The van der Waals surface area contributed by atoms with Gasteiger partial charge in [-0.25, -0.2) is 4.98 Å². The van der Waals surface area contributed by atoms with Crippen LogP contribution in [0.3, 0.4) is 0 Å². The van der Waals surface area contributed by atoms with E-state index in [-0.39, 0.29) is 17.7 Å². The smallest absolute Gasteiger partial charge is 0.255 e. The summed E-state index contributed by atoms with van der Waals surface area (Å²) in [5.41, 5.74) is 7.14. The summed E-state index contributed by atoms with van der Waals surface area (Å²) in [7, 11) is 0. The van der Waals surface area contributed by atoms with E-state index in [1.807, 2.05) is 31.2 Å². The maximum absolute atomic E-state index is 13.0. The molecule has 1 aliphatic heterocycles. The number of thioether (sulfide) groups is 1. The van der Waals surface area contributed by atoms with Gasteiger partial charge in [-0.3, -0.25) is 9.59 Å². The lowest BCUT2D eigenvalue weighted by molar-refractivity contribution is -0.123. The van der Waals surface area contributed by atoms with Gasteiger partial charge in [0.15, 0.2) is 0 Å². The second-order valence-electron chi connectivity index (χ2n) is 6.14. The van der Waals surface area contributed by atoms with E-state index < -0.39 is 0 Å². The summed E-state index contributed by atoms with van der Waals surface area (Å²) in [4.78, 5) is 31.6. The molecule has 0 bridgehead atoms. The van der Waals surface area contributed by atoms with Crippen LogP contribution < -0.4 is 5.73 Å². The third-order valence-electron chi connectivity index (χ3n) is 4.27. The minimum Gasteiger partial charge on any atom is -0.369 e. The van der Waals surface area contributed by atoms with Crippen molar-refractivity contribution < 1.29 is 9.59 Å². The Morgan fingerprint density at radius 1 is 1.40 bits per heavy atom. The maximum Gasteiger partial charge on any atom is 0.255 e. The van der Waals surface area contributed by atoms with E-state index in [9.17, 15) is 9.59 Å². The number of carbonyl (C=O) groups is 2. The highest BCUT2D eigenvalue weighted by molar-refractivity contribution is 7.98. The van der Waals surface area contributed by atoms with Crippen LogP contribution in [0.5, 0.6) is 0 Å². The van der Waals surface area contributed by atoms with Crippen molar-refractivity contribution in [3.05, 3.63) is 45.9 Å². The number of hydrogen-bond acceptors (Lipinski definition) is 5. The van der Waals surface area contributed by atoms with Crippen molar-refractivity contribution in [2.45, 2.75) is 30.4 Å². The Morgan fingerprint density at radius 2 is 2.20 bits per heavy atom. The van der Waals surface area contributed by atoms with Crippen LogP contribution in [0.4, 0.5) is 0 Å². The number of thiazole rings is 1. The Morgan fingerprint density at radius 3 is 2.92 bits per heavy atom. The molecule has 0 saturated carbocycles. The van der Waals surface area contributed by atoms with Crippen LogP contribution in [0, 0.1) is 12.8 Å². The number of piperidine rings is 1. The first kappa shape index (κ1) is 17.9. The van der Waals surface area contributed by atoms with Gasteiger partial charge < -0.3 is 10.6 Å². The minimum atomic E-state index is -0.320. The molecule has 3 rings (SSSR count). The first-order valence-corrected chi connectivity index (χ1v) is 10.1. The molecule has 1 atom stereocenters. The molecule has 0 aliphatic carbocycles. The Kier molecular flexibility index (Phi) is 5.75. The molecule has 7 heteroatoms. The van der Waals surface area contributed by atoms with Gasteiger partial charge in [-0.15, -0.1) is 23.1 Å². The van der Waals surface area contributed by atoms with Gasteiger partial charge in [-0.05, 0) is 31.9 Å². The third-order valence-corrected chi connectivity index (χ3v) is 6.20. The normalized spacial score (nSPS) is 17.5. The highest BCUT2D eigenvalue weighted by Gasteiger charge is 2.28. The van der Waals surface area contributed by atoms with Crippen LogP contribution in [0.1, 0.15) is 33.9 Å². The minimum absolute atomic E-state index is 0.0245. The molecule has 0 radical (unpaired) electrons. The number of primary amides is 1. The van der Waals surface area contributed by atoms with Gasteiger partial charge in [0, 0.05) is 29.1 Å². The molecule has 2 amide bonds. The van der Waals surface area contributed by atoms with E-state index in [4.69, 9.17) is 5.73 Å². The number of amides is 2. The van der Waals surface area contributed by atoms with E-state index >= 15 is 0 Å². The summed E-state index contributed by atoms with van der Waals surface area (Å²) < 4.78 is 0. The largest absolute Gasteiger partial charge is 0.369 e. The predicted molar refractivity (Wildman–Crippen MR) is 101 cm³/mol. The lowest BCUT2D eigenvalue weighted by atomic mass is 9.97. The lowest BCUT2D eigenvalue weighted by Crippen LogP contribution is -2.44. The van der Waals surface area contributed by atoms with Crippen LogP contribution >= 0.6 is 23.1 Å². The molecule has 25 heavy (non-hydrogen) atoms. The van der Waals surface area contributed by atoms with Crippen molar-refractivity contribution in [1.82, 2.24) is 9.88 Å². The molecule has 1 aliphatic rings. The summed E-state index contributed by atoms with van der Waals surface area (Å²) in [6, 6.07) is 7.63. The van der Waals surface area contributed by atoms with Gasteiger partial charge in [-0.2, -0.15) is 0 Å². The first-order valence-electron chi connectivity index (χ1n) is 8.26. The molecule has 1 saturated heterocycles. The molecule has 1 aromatic heterocycles. The Hall–Kier alpha value is -1.86. The van der Waals surface area contributed by atoms with Crippen molar-refractivity contribution in [3.63, 3.8) is 0 Å². The average molecular weight is 376 g/mol. The molecule has 1 unspecified atom stereocenters. The van der Waals surface area contributed by atoms with Crippen LogP contribution in [0.25, 0.3) is 0 Å². The quantitative estimate of drug-likeness (QED) is 0.815. The lowest BCUT2D eigenvalue weighted by Gasteiger charge is -2.31. The molecule has 2 N–H and O–H groups in total. The van der Waals surface area contributed by atoms with Crippen molar-refractivity contribution in [2.75, 3.05) is 13.1 Å². The predicted octanol–water partition coefficient (Wildman–Crippen LogP) is 3.08. The number of likely N-dealkylation sites (tertiary alicyclic amines) is 1. The van der Waals surface area contributed by atoms with Gasteiger partial charge in [0.2, 0.25) is 5.91 Å². The van der Waals surface area contributed by atoms with Crippen molar-refractivity contribution in [2.24, 2.45) is 11.7 Å². The fourth-order valence-electron chi connectivity index (χ4n) is 2.96. The standard InChI is InChI=1S/C18H21N3O2S2/c1-12-20-14(10-24-12)11-25-16-7-3-2-6-15(16)18(23)21-8-4-5-13(9-21)17(19)22/h2-3,6-7,10,13H,4-5,8-9,11H2,1H3,(H2,19,22). The molecule has 1 aromatic carbocycles. The number of hydrogen-bond donors (Lipinski definition) is 1. The molecule has 2 aromatic rings. The second kappa shape index (κ2) is 8.01. The fourth-order valence-corrected chi connectivity index (χ4v) is 4.61. The molecule has 0 spiro atoms. The van der Waals surface area contributed by atoms with Crippen LogP contribution in [-0.2, 0) is 10.5 Å². The SMILES string of the molecule is Cc1nc(CSc2ccccc2C(=O)N2CCCC(C(N)=O)C2)cs1. The molecular formula is C18H21N3O2S2. The van der Waals surface area contributed by atoms with Crippen molar-refractivity contribution >= 4 is 34.9 Å². The van der Waals surface area contributed by atoms with Crippen molar-refractivity contribution in [3.8, 4) is 0 Å². The van der Waals surface area contributed by atoms with E-state index in [1.54, 1.807) is 28.0 Å². The highest BCUT2D eigenvalue weighted by atomic mass is 32.2. The second-order valence-corrected chi connectivity index (χ2v) is 8.21. The van der Waals surface area contributed by atoms with Crippen LogP contribution in [0.2, 0.25) is 0 Å². The average Bonchev–Trinajstić information content (AvgIpc) is 3.05. The number of aryl methyl sites for hydroxylation is 1. The van der Waals surface area contributed by atoms with Crippen LogP contribution in [-0.4, -0.2) is 34.8 Å². The van der Waals surface area contributed by atoms with E-state index in [1.165, 1.54) is 0 Å². The number of aromatic nitrogens is 1. The zero-order valence-electron chi connectivity index (χ0n) is 14.1. The van der Waals surface area contributed by atoms with E-state index in [2.05, 4.69) is 10.4 Å². The zero-order valence-corrected chi connectivity index (χ0v) is 15.7. The summed E-state index contributed by atoms with van der Waals surface area (Å²) in [6.45, 7) is 3.08. The van der Waals surface area contributed by atoms with Gasteiger partial charge in [0.1, 0.15) is 0 Å². The van der Waals surface area contributed by atoms with Gasteiger partial charge in [0.25, 0.3) is 5.91 Å². The van der Waals surface area contributed by atoms with Gasteiger partial charge in [-0.1, -0.05) is 12.1 Å². The van der Waals surface area contributed by atoms with Gasteiger partial charge >= 0.3 is 0 Å². The Bertz CT molecular complexity index is 775. The zero-order chi connectivity index (χ0) is 17.8. The van der Waals surface area contributed by atoms with E-state index in [0.29, 0.717) is 18.7 Å². The van der Waals surface area contributed by atoms with Crippen molar-refractivity contribution in [1.29, 1.82) is 0 Å². The maximum atomic E-state index is 13.0. The van der Waals surface area contributed by atoms with Crippen LogP contribution in [0.15, 0.2) is 34.5 Å². The number of nitrogens with two attached hydrogens (primary N) is 1. The topological polar surface area (TPSA) is 76.3 Å². The number of carbonyl (C=O) groups excluding carboxylic acids is 2. The summed E-state index contributed by atoms with van der Waals surface area (Å²) in [6.07, 6.45) is 1.57. The van der Waals surface area contributed by atoms with E-state index in [0.717, 1.165) is 34.2 Å². The fraction of sp³-hybridized carbons (Fsp3) is 0.389. The monoisotopic (exact) mass is 375 g/mol. The summed E-state index contributed by atoms with van der Waals surface area (Å²) in [5.74, 6) is 0.150. The Labute approximate surface area is 155 Å². The summed E-state index contributed by atoms with van der Waals surface area (Å²) >= 11 is 3.25. The number of rotatable bonds is 5. The molecule has 1 fully saturated rings. The molecule has 5 nitrogen and oxygen atoms in total. The highest BCUT2D eigenvalue weighted by Crippen LogP contribution is 2.28. The first-order chi connectivity index (χ1) is 12.0. The Balaban J connectivity index is 1.73. The summed E-state index contributed by atoms with van der Waals surface area (Å²) in [5, 5.41) is 3.10. The number of nitrogens with zero attached hydrogens (tertiary/aromatic N) is 2.